The zero-order valence-electron chi connectivity index (χ0n) is 33.1. The van der Waals surface area contributed by atoms with Gasteiger partial charge in [-0.05, 0) is 91.5 Å². The Hall–Kier alpha value is -6.96. The lowest BCUT2D eigenvalue weighted by molar-refractivity contribution is 0.660. The Morgan fingerprint density at radius 3 is 1.50 bits per heavy atom. The van der Waals surface area contributed by atoms with Gasteiger partial charge in [-0.15, -0.1) is 0 Å². The highest BCUT2D eigenvalue weighted by Gasteiger charge is 2.44. The Balaban J connectivity index is 1.25. The first kappa shape index (κ1) is 34.3. The van der Waals surface area contributed by atoms with Gasteiger partial charge in [-0.1, -0.05) is 202 Å². The topological polar surface area (TPSA) is 3.24 Å². The summed E-state index contributed by atoms with van der Waals surface area (Å²) in [6.07, 6.45) is 0. The van der Waals surface area contributed by atoms with Gasteiger partial charge in [0.1, 0.15) is 0 Å². The number of fused-ring (bicyclic) bond motifs is 7. The van der Waals surface area contributed by atoms with E-state index < -0.39 is 0 Å². The molecule has 58 heavy (non-hydrogen) atoms. The van der Waals surface area contributed by atoms with Crippen LogP contribution in [-0.4, -0.2) is 0 Å². The largest absolute Gasteiger partial charge is 0.309 e. The monoisotopic (exact) mass is 741 g/mol. The van der Waals surface area contributed by atoms with Crippen LogP contribution in [0.15, 0.2) is 206 Å². The van der Waals surface area contributed by atoms with Gasteiger partial charge in [-0.3, -0.25) is 0 Å². The van der Waals surface area contributed by atoms with Crippen molar-refractivity contribution in [3.63, 3.8) is 0 Å². The molecule has 0 amide bonds. The van der Waals surface area contributed by atoms with E-state index in [-0.39, 0.29) is 10.8 Å². The average molecular weight is 742 g/mol. The molecule has 1 heteroatoms. The van der Waals surface area contributed by atoms with Gasteiger partial charge < -0.3 is 4.90 Å². The van der Waals surface area contributed by atoms with Crippen molar-refractivity contribution < 1.29 is 0 Å². The quantitative estimate of drug-likeness (QED) is 0.164. The van der Waals surface area contributed by atoms with Crippen molar-refractivity contribution in [1.82, 2.24) is 0 Å². The number of nitrogens with zero attached hydrogens (tertiary/aromatic N) is 1. The van der Waals surface area contributed by atoms with Gasteiger partial charge in [0.15, 0.2) is 0 Å². The third kappa shape index (κ3) is 4.90. The van der Waals surface area contributed by atoms with Crippen molar-refractivity contribution in [2.75, 3.05) is 4.90 Å². The van der Waals surface area contributed by atoms with E-state index in [1.807, 2.05) is 0 Å². The lowest BCUT2D eigenvalue weighted by Gasteiger charge is -2.33. The van der Waals surface area contributed by atoms with Crippen LogP contribution in [0.4, 0.5) is 17.1 Å². The SMILES string of the molecule is CC1(C)c2ccccc2-c2c(N(c3ccccc3-c3cccc4cccc(-c5ccccc5)c34)c3cccc4c3-c3ccccc3C4(C)c3ccccc3)cccc21. The van der Waals surface area contributed by atoms with E-state index in [0.717, 1.165) is 5.69 Å². The van der Waals surface area contributed by atoms with Crippen LogP contribution in [0.5, 0.6) is 0 Å². The van der Waals surface area contributed by atoms with Gasteiger partial charge in [0, 0.05) is 27.5 Å². The Morgan fingerprint density at radius 1 is 0.328 bits per heavy atom. The molecule has 11 rings (SSSR count). The van der Waals surface area contributed by atoms with Gasteiger partial charge >= 0.3 is 0 Å². The van der Waals surface area contributed by atoms with Gasteiger partial charge in [-0.25, -0.2) is 0 Å². The van der Waals surface area contributed by atoms with Gasteiger partial charge in [0.05, 0.1) is 17.1 Å². The lowest BCUT2D eigenvalue weighted by atomic mass is 9.74. The van der Waals surface area contributed by atoms with Crippen molar-refractivity contribution in [3.8, 4) is 44.5 Å². The minimum atomic E-state index is -0.332. The molecule has 0 aromatic heterocycles. The summed E-state index contributed by atoms with van der Waals surface area (Å²) >= 11 is 0. The zero-order chi connectivity index (χ0) is 39.0. The number of anilines is 3. The van der Waals surface area contributed by atoms with Crippen LogP contribution in [-0.2, 0) is 10.8 Å². The molecule has 0 saturated carbocycles. The molecule has 0 aliphatic heterocycles. The Morgan fingerprint density at radius 2 is 0.793 bits per heavy atom. The second-order valence-electron chi connectivity index (χ2n) is 16.5. The van der Waals surface area contributed by atoms with E-state index in [1.165, 1.54) is 94.5 Å². The standard InChI is InChI=1S/C57H43N/c1-56(2)46-31-13-10-27-44(46)54-48(56)33-18-36-51(54)58(52-37-19-34-49-55(52)45-28-11-14-32-47(45)57(49,3)40-24-8-5-9-25-40)50-35-15-12-26-42(50)43-30-17-23-39-22-16-29-41(53(39)43)38-20-6-4-7-21-38/h4-37H,1-3H3. The molecule has 2 aliphatic carbocycles. The first-order valence-electron chi connectivity index (χ1n) is 20.5. The highest BCUT2D eigenvalue weighted by Crippen LogP contribution is 2.60. The fourth-order valence-corrected chi connectivity index (χ4v) is 10.4. The zero-order valence-corrected chi connectivity index (χ0v) is 33.1. The molecule has 0 spiro atoms. The summed E-state index contributed by atoms with van der Waals surface area (Å²) in [5, 5.41) is 2.48. The van der Waals surface area contributed by atoms with E-state index >= 15 is 0 Å². The molecule has 0 radical (unpaired) electrons. The summed E-state index contributed by atoms with van der Waals surface area (Å²) < 4.78 is 0. The molecule has 1 atom stereocenters. The molecule has 0 fully saturated rings. The molecule has 0 N–H and O–H groups in total. The molecule has 0 heterocycles. The lowest BCUT2D eigenvalue weighted by Crippen LogP contribution is -2.22. The summed E-state index contributed by atoms with van der Waals surface area (Å²) in [4.78, 5) is 2.60. The second-order valence-corrected chi connectivity index (χ2v) is 16.5. The summed E-state index contributed by atoms with van der Waals surface area (Å²) in [5.74, 6) is 0. The van der Waals surface area contributed by atoms with Crippen molar-refractivity contribution in [3.05, 3.63) is 234 Å². The maximum absolute atomic E-state index is 2.60. The summed E-state index contributed by atoms with van der Waals surface area (Å²) in [6, 6.07) is 76.5. The Kier molecular flexibility index (Phi) is 7.72. The van der Waals surface area contributed by atoms with Crippen LogP contribution < -0.4 is 4.90 Å². The van der Waals surface area contributed by atoms with Crippen molar-refractivity contribution in [1.29, 1.82) is 0 Å². The number of rotatable bonds is 6. The molecule has 276 valence electrons. The molecular weight excluding hydrogens is 699 g/mol. The summed E-state index contributed by atoms with van der Waals surface area (Å²) in [7, 11) is 0. The smallest absolute Gasteiger partial charge is 0.0543 e. The van der Waals surface area contributed by atoms with Crippen LogP contribution in [0.2, 0.25) is 0 Å². The van der Waals surface area contributed by atoms with Crippen LogP contribution in [0.25, 0.3) is 55.3 Å². The highest BCUT2D eigenvalue weighted by atomic mass is 15.2. The third-order valence-corrected chi connectivity index (χ3v) is 13.2. The highest BCUT2D eigenvalue weighted by molar-refractivity contribution is 6.10. The van der Waals surface area contributed by atoms with Crippen LogP contribution in [0.1, 0.15) is 48.6 Å². The number of hydrogen-bond acceptors (Lipinski definition) is 1. The molecular formula is C57H43N. The van der Waals surface area contributed by atoms with Gasteiger partial charge in [0.25, 0.3) is 0 Å². The molecule has 2 aliphatic rings. The minimum absolute atomic E-state index is 0.148. The first-order chi connectivity index (χ1) is 28.5. The molecule has 1 nitrogen and oxygen atoms in total. The fourth-order valence-electron chi connectivity index (χ4n) is 10.4. The van der Waals surface area contributed by atoms with E-state index in [0.29, 0.717) is 0 Å². The maximum Gasteiger partial charge on any atom is 0.0543 e. The summed E-state index contributed by atoms with van der Waals surface area (Å²) in [6.45, 7) is 7.17. The van der Waals surface area contributed by atoms with E-state index in [2.05, 4.69) is 232 Å². The molecule has 1 unspecified atom stereocenters. The van der Waals surface area contributed by atoms with Gasteiger partial charge in [-0.2, -0.15) is 0 Å². The minimum Gasteiger partial charge on any atom is -0.309 e. The maximum atomic E-state index is 2.60. The Labute approximate surface area is 341 Å². The third-order valence-electron chi connectivity index (χ3n) is 13.2. The van der Waals surface area contributed by atoms with Crippen LogP contribution in [0, 0.1) is 0 Å². The van der Waals surface area contributed by atoms with E-state index in [9.17, 15) is 0 Å². The summed E-state index contributed by atoms with van der Waals surface area (Å²) in [5.41, 5.74) is 19.7. The molecule has 9 aromatic carbocycles. The predicted octanol–water partition coefficient (Wildman–Crippen LogP) is 15.3. The number of benzene rings is 9. The van der Waals surface area contributed by atoms with Crippen molar-refractivity contribution in [2.45, 2.75) is 31.6 Å². The fraction of sp³-hybridized carbons (Fsp3) is 0.0877. The Bertz CT molecular complexity index is 3040. The van der Waals surface area contributed by atoms with Gasteiger partial charge in [0.2, 0.25) is 0 Å². The average Bonchev–Trinajstić information content (AvgIpc) is 3.69. The van der Waals surface area contributed by atoms with Crippen molar-refractivity contribution in [2.24, 2.45) is 0 Å². The predicted molar refractivity (Wildman–Crippen MR) is 245 cm³/mol. The molecule has 0 saturated heterocycles. The van der Waals surface area contributed by atoms with E-state index in [4.69, 9.17) is 0 Å². The van der Waals surface area contributed by atoms with E-state index in [1.54, 1.807) is 0 Å². The normalized spacial score (nSPS) is 15.7. The van der Waals surface area contributed by atoms with Crippen LogP contribution in [0.3, 0.4) is 0 Å². The molecule has 0 bridgehead atoms. The van der Waals surface area contributed by atoms with Crippen LogP contribution >= 0.6 is 0 Å². The number of hydrogen-bond donors (Lipinski definition) is 0. The number of para-hydroxylation sites is 1. The van der Waals surface area contributed by atoms with Crippen molar-refractivity contribution >= 4 is 27.8 Å². The second kappa shape index (κ2) is 13.0. The first-order valence-corrected chi connectivity index (χ1v) is 20.5. The molecule has 9 aromatic rings.